The second kappa shape index (κ2) is 6.53. The van der Waals surface area contributed by atoms with Crippen LogP contribution in [0.1, 0.15) is 38.4 Å². The van der Waals surface area contributed by atoms with Crippen LogP contribution in [0.15, 0.2) is 6.20 Å². The van der Waals surface area contributed by atoms with E-state index in [2.05, 4.69) is 34.9 Å². The Hall–Kier alpha value is -1.03. The summed E-state index contributed by atoms with van der Waals surface area (Å²) in [6.07, 6.45) is 4.21. The first-order valence-corrected chi connectivity index (χ1v) is 5.97. The maximum absolute atomic E-state index is 5.11. The Bertz CT molecular complexity index is 309. The maximum Gasteiger partial charge on any atom is 0.203 e. The van der Waals surface area contributed by atoms with E-state index < -0.39 is 0 Å². The highest BCUT2D eigenvalue weighted by Crippen LogP contribution is 2.18. The summed E-state index contributed by atoms with van der Waals surface area (Å²) >= 11 is 0. The lowest BCUT2D eigenvalue weighted by atomic mass is 10.2. The molecule has 16 heavy (non-hydrogen) atoms. The van der Waals surface area contributed by atoms with E-state index in [1.165, 1.54) is 0 Å². The normalized spacial score (nSPS) is 12.8. The molecule has 1 heterocycles. The lowest BCUT2D eigenvalue weighted by molar-refractivity contribution is 0.181. The molecular formula is C12H23N3O. The summed E-state index contributed by atoms with van der Waals surface area (Å²) in [7, 11) is 1.74. The van der Waals surface area contributed by atoms with E-state index in [1.807, 2.05) is 6.92 Å². The van der Waals surface area contributed by atoms with E-state index in [0.717, 1.165) is 37.6 Å². The van der Waals surface area contributed by atoms with Crippen molar-refractivity contribution in [2.24, 2.45) is 0 Å². The molecule has 0 fully saturated rings. The fourth-order valence-electron chi connectivity index (χ4n) is 1.65. The molecule has 1 atom stereocenters. The van der Waals surface area contributed by atoms with E-state index in [1.54, 1.807) is 7.11 Å². The van der Waals surface area contributed by atoms with Crippen molar-refractivity contribution in [2.75, 3.05) is 25.6 Å². The summed E-state index contributed by atoms with van der Waals surface area (Å²) in [5, 5.41) is 3.35. The van der Waals surface area contributed by atoms with Gasteiger partial charge < -0.3 is 14.6 Å². The van der Waals surface area contributed by atoms with Crippen molar-refractivity contribution in [3.63, 3.8) is 0 Å². The molecule has 1 aromatic heterocycles. The number of rotatable bonds is 7. The fourth-order valence-corrected chi connectivity index (χ4v) is 1.65. The molecule has 4 nitrogen and oxygen atoms in total. The SMILES string of the molecule is CCCNc1nc(C)cn1C(C)CCOC. The van der Waals surface area contributed by atoms with E-state index in [0.29, 0.717) is 6.04 Å². The average Bonchev–Trinajstić information content (AvgIpc) is 2.64. The first kappa shape index (κ1) is 13.0. The van der Waals surface area contributed by atoms with E-state index >= 15 is 0 Å². The average molecular weight is 225 g/mol. The second-order valence-electron chi connectivity index (χ2n) is 4.17. The molecule has 0 aromatic carbocycles. The number of ether oxygens (including phenoxy) is 1. The predicted octanol–water partition coefficient (Wildman–Crippen LogP) is 2.61. The molecule has 0 amide bonds. The third-order valence-electron chi connectivity index (χ3n) is 2.60. The van der Waals surface area contributed by atoms with Gasteiger partial charge in [-0.2, -0.15) is 0 Å². The molecule has 0 saturated heterocycles. The van der Waals surface area contributed by atoms with Crippen LogP contribution >= 0.6 is 0 Å². The molecule has 0 aliphatic carbocycles. The van der Waals surface area contributed by atoms with Gasteiger partial charge in [0.15, 0.2) is 0 Å². The molecule has 1 rings (SSSR count). The molecular weight excluding hydrogens is 202 g/mol. The van der Waals surface area contributed by atoms with Gasteiger partial charge in [-0.25, -0.2) is 4.98 Å². The second-order valence-corrected chi connectivity index (χ2v) is 4.17. The zero-order valence-electron chi connectivity index (χ0n) is 10.8. The summed E-state index contributed by atoms with van der Waals surface area (Å²) in [5.41, 5.74) is 1.06. The molecule has 0 aliphatic rings. The van der Waals surface area contributed by atoms with Crippen LogP contribution in [0.4, 0.5) is 5.95 Å². The number of imidazole rings is 1. The molecule has 0 saturated carbocycles. The molecule has 1 unspecified atom stereocenters. The Morgan fingerprint density at radius 1 is 1.56 bits per heavy atom. The van der Waals surface area contributed by atoms with Gasteiger partial charge in [0.05, 0.1) is 5.69 Å². The van der Waals surface area contributed by atoms with Crippen LogP contribution in [-0.2, 0) is 4.74 Å². The summed E-state index contributed by atoms with van der Waals surface area (Å²) in [6, 6.07) is 0.417. The summed E-state index contributed by atoms with van der Waals surface area (Å²) in [5.74, 6) is 0.975. The van der Waals surface area contributed by atoms with Gasteiger partial charge in [0.25, 0.3) is 0 Å². The number of anilines is 1. The minimum absolute atomic E-state index is 0.417. The van der Waals surface area contributed by atoms with Gasteiger partial charge in [0.2, 0.25) is 5.95 Å². The number of methoxy groups -OCH3 is 1. The third kappa shape index (κ3) is 3.52. The molecule has 0 bridgehead atoms. The van der Waals surface area contributed by atoms with Crippen LogP contribution < -0.4 is 5.32 Å². The van der Waals surface area contributed by atoms with Gasteiger partial charge in [-0.15, -0.1) is 0 Å². The Balaban J connectivity index is 2.68. The number of aromatic nitrogens is 2. The highest BCUT2D eigenvalue weighted by atomic mass is 16.5. The number of hydrogen-bond acceptors (Lipinski definition) is 3. The molecule has 92 valence electrons. The molecule has 1 N–H and O–H groups in total. The largest absolute Gasteiger partial charge is 0.385 e. The van der Waals surface area contributed by atoms with Crippen LogP contribution in [-0.4, -0.2) is 29.8 Å². The molecule has 0 aliphatic heterocycles. The summed E-state index contributed by atoms with van der Waals surface area (Å²) in [6.45, 7) is 8.12. The van der Waals surface area contributed by atoms with Gasteiger partial charge in [-0.1, -0.05) is 6.92 Å². The monoisotopic (exact) mass is 225 g/mol. The maximum atomic E-state index is 5.11. The molecule has 1 aromatic rings. The highest BCUT2D eigenvalue weighted by Gasteiger charge is 2.10. The van der Waals surface area contributed by atoms with E-state index in [4.69, 9.17) is 4.74 Å². The summed E-state index contributed by atoms with van der Waals surface area (Å²) < 4.78 is 7.31. The lowest BCUT2D eigenvalue weighted by Gasteiger charge is -2.16. The standard InChI is InChI=1S/C12H23N3O/c1-5-7-13-12-14-10(2)9-15(12)11(3)6-8-16-4/h9,11H,5-8H2,1-4H3,(H,13,14). The van der Waals surface area contributed by atoms with Crippen molar-refractivity contribution in [1.82, 2.24) is 9.55 Å². The van der Waals surface area contributed by atoms with Gasteiger partial charge >= 0.3 is 0 Å². The minimum atomic E-state index is 0.417. The number of aryl methyl sites for hydroxylation is 1. The van der Waals surface area contributed by atoms with Crippen molar-refractivity contribution < 1.29 is 4.74 Å². The van der Waals surface area contributed by atoms with Gasteiger partial charge in [0.1, 0.15) is 0 Å². The minimum Gasteiger partial charge on any atom is -0.385 e. The van der Waals surface area contributed by atoms with Crippen molar-refractivity contribution >= 4 is 5.95 Å². The Kier molecular flexibility index (Phi) is 5.32. The zero-order valence-corrected chi connectivity index (χ0v) is 10.8. The lowest BCUT2D eigenvalue weighted by Crippen LogP contribution is -2.12. The first-order chi connectivity index (χ1) is 7.69. The van der Waals surface area contributed by atoms with Crippen molar-refractivity contribution in [3.05, 3.63) is 11.9 Å². The number of hydrogen-bond donors (Lipinski definition) is 1. The zero-order chi connectivity index (χ0) is 12.0. The number of nitrogens with zero attached hydrogens (tertiary/aromatic N) is 2. The summed E-state index contributed by atoms with van der Waals surface area (Å²) in [4.78, 5) is 4.49. The number of nitrogens with one attached hydrogen (secondary N) is 1. The smallest absolute Gasteiger partial charge is 0.203 e. The van der Waals surface area contributed by atoms with Crippen molar-refractivity contribution in [1.29, 1.82) is 0 Å². The van der Waals surface area contributed by atoms with Crippen molar-refractivity contribution in [2.45, 2.75) is 39.7 Å². The van der Waals surface area contributed by atoms with Crippen LogP contribution in [0.25, 0.3) is 0 Å². The Labute approximate surface area is 98.0 Å². The van der Waals surface area contributed by atoms with Crippen LogP contribution in [0.2, 0.25) is 0 Å². The van der Waals surface area contributed by atoms with Crippen LogP contribution in [0.3, 0.4) is 0 Å². The van der Waals surface area contributed by atoms with Gasteiger partial charge in [-0.05, 0) is 26.7 Å². The van der Waals surface area contributed by atoms with Crippen molar-refractivity contribution in [3.8, 4) is 0 Å². The van der Waals surface area contributed by atoms with E-state index in [-0.39, 0.29) is 0 Å². The molecule has 0 radical (unpaired) electrons. The molecule has 0 spiro atoms. The quantitative estimate of drug-likeness (QED) is 0.775. The van der Waals surface area contributed by atoms with Crippen LogP contribution in [0.5, 0.6) is 0 Å². The first-order valence-electron chi connectivity index (χ1n) is 5.97. The van der Waals surface area contributed by atoms with E-state index in [9.17, 15) is 0 Å². The Morgan fingerprint density at radius 2 is 2.31 bits per heavy atom. The van der Waals surface area contributed by atoms with Crippen LogP contribution in [0, 0.1) is 6.92 Å². The molecule has 4 heteroatoms. The fraction of sp³-hybridized carbons (Fsp3) is 0.750. The topological polar surface area (TPSA) is 39.1 Å². The van der Waals surface area contributed by atoms with Gasteiger partial charge in [0, 0.05) is 32.5 Å². The predicted molar refractivity (Wildman–Crippen MR) is 66.9 cm³/mol. The van der Waals surface area contributed by atoms with Gasteiger partial charge in [-0.3, -0.25) is 0 Å². The third-order valence-corrected chi connectivity index (χ3v) is 2.60. The highest BCUT2D eigenvalue weighted by molar-refractivity contribution is 5.29. The Morgan fingerprint density at radius 3 is 2.94 bits per heavy atom.